The fourth-order valence-electron chi connectivity index (χ4n) is 2.53. The van der Waals surface area contributed by atoms with E-state index in [4.69, 9.17) is 0 Å². The van der Waals surface area contributed by atoms with E-state index in [-0.39, 0.29) is 23.7 Å². The first-order valence-corrected chi connectivity index (χ1v) is 6.62. The van der Waals surface area contributed by atoms with Crippen molar-refractivity contribution in [1.82, 2.24) is 4.98 Å². The highest BCUT2D eigenvalue weighted by atomic mass is 79.9. The van der Waals surface area contributed by atoms with Crippen molar-refractivity contribution in [3.63, 3.8) is 0 Å². The van der Waals surface area contributed by atoms with Crippen LogP contribution in [0.3, 0.4) is 0 Å². The number of hydrogen-bond acceptors (Lipinski definition) is 3. The highest BCUT2D eigenvalue weighted by Crippen LogP contribution is 2.37. The summed E-state index contributed by atoms with van der Waals surface area (Å²) in [5.74, 6) is -0.225. The number of amides is 2. The van der Waals surface area contributed by atoms with Gasteiger partial charge in [-0.05, 0) is 40.9 Å². The maximum atomic E-state index is 12.3. The third-order valence-corrected chi connectivity index (χ3v) is 3.92. The molecule has 0 bridgehead atoms. The van der Waals surface area contributed by atoms with E-state index in [0.29, 0.717) is 18.7 Å². The molecule has 1 aliphatic carbocycles. The molecule has 0 aromatic carbocycles. The number of hydrogen-bond donors (Lipinski definition) is 0. The van der Waals surface area contributed by atoms with Gasteiger partial charge in [-0.2, -0.15) is 0 Å². The first kappa shape index (κ1) is 11.6. The normalized spacial score (nSPS) is 26.6. The fraction of sp³-hybridized carbons (Fsp3) is 0.308. The molecule has 2 atom stereocenters. The molecular weight excluding hydrogens is 296 g/mol. The number of rotatable bonds is 1. The molecular formula is C13H11BrN2O2. The Balaban J connectivity index is 1.96. The van der Waals surface area contributed by atoms with Crippen molar-refractivity contribution in [2.75, 3.05) is 4.90 Å². The summed E-state index contributed by atoms with van der Waals surface area (Å²) in [6.45, 7) is 0. The van der Waals surface area contributed by atoms with Crippen molar-refractivity contribution >= 4 is 33.6 Å². The quantitative estimate of drug-likeness (QED) is 0.591. The minimum absolute atomic E-state index is 0.121. The zero-order chi connectivity index (χ0) is 12.7. The Kier molecular flexibility index (Phi) is 2.78. The second kappa shape index (κ2) is 4.31. The maximum Gasteiger partial charge on any atom is 0.239 e. The van der Waals surface area contributed by atoms with Crippen LogP contribution in [-0.2, 0) is 9.59 Å². The van der Waals surface area contributed by atoms with Crippen LogP contribution in [0.25, 0.3) is 0 Å². The smallest absolute Gasteiger partial charge is 0.239 e. The summed E-state index contributed by atoms with van der Waals surface area (Å²) < 4.78 is 0.824. The molecule has 2 amide bonds. The molecule has 0 spiro atoms. The molecule has 5 heteroatoms. The number of halogens is 1. The maximum absolute atomic E-state index is 12.3. The standard InChI is InChI=1S/C13H11BrN2O2/c14-8-5-6-11(15-7-8)16-12(17)9-3-1-2-4-10(9)13(16)18/h1-2,5-7,9-10H,3-4H2. The van der Waals surface area contributed by atoms with Crippen LogP contribution in [0.4, 0.5) is 5.82 Å². The molecule has 1 aromatic rings. The van der Waals surface area contributed by atoms with Crippen molar-refractivity contribution in [1.29, 1.82) is 0 Å². The summed E-state index contributed by atoms with van der Waals surface area (Å²) in [4.78, 5) is 29.9. The van der Waals surface area contributed by atoms with Crippen LogP contribution in [0.15, 0.2) is 35.0 Å². The molecule has 92 valence electrons. The lowest BCUT2D eigenvalue weighted by molar-refractivity contribution is -0.122. The average molecular weight is 307 g/mol. The lowest BCUT2D eigenvalue weighted by Gasteiger charge is -2.14. The van der Waals surface area contributed by atoms with Gasteiger partial charge in [-0.1, -0.05) is 12.2 Å². The largest absolute Gasteiger partial charge is 0.274 e. The van der Waals surface area contributed by atoms with Gasteiger partial charge < -0.3 is 0 Å². The van der Waals surface area contributed by atoms with Crippen LogP contribution in [0.1, 0.15) is 12.8 Å². The van der Waals surface area contributed by atoms with E-state index in [1.165, 1.54) is 4.90 Å². The number of anilines is 1. The molecule has 18 heavy (non-hydrogen) atoms. The van der Waals surface area contributed by atoms with Gasteiger partial charge in [0.2, 0.25) is 11.8 Å². The average Bonchev–Trinajstić information content (AvgIpc) is 2.64. The number of fused-ring (bicyclic) bond motifs is 1. The van der Waals surface area contributed by atoms with E-state index in [2.05, 4.69) is 20.9 Å². The minimum atomic E-state index is -0.201. The van der Waals surface area contributed by atoms with Gasteiger partial charge in [0.15, 0.2) is 0 Å². The van der Waals surface area contributed by atoms with Gasteiger partial charge in [0.25, 0.3) is 0 Å². The molecule has 0 N–H and O–H groups in total. The van der Waals surface area contributed by atoms with Gasteiger partial charge in [0.05, 0.1) is 11.8 Å². The van der Waals surface area contributed by atoms with Crippen LogP contribution >= 0.6 is 15.9 Å². The number of carbonyl (C=O) groups is 2. The summed E-state index contributed by atoms with van der Waals surface area (Å²) in [6, 6.07) is 3.47. The number of nitrogens with zero attached hydrogens (tertiary/aromatic N) is 2. The molecule has 1 aromatic heterocycles. The molecule has 2 heterocycles. The molecule has 1 fully saturated rings. The number of imide groups is 1. The molecule has 2 aliphatic rings. The lowest BCUT2D eigenvalue weighted by atomic mass is 9.85. The van der Waals surface area contributed by atoms with Crippen LogP contribution in [0.2, 0.25) is 0 Å². The van der Waals surface area contributed by atoms with Gasteiger partial charge in [0, 0.05) is 10.7 Å². The highest BCUT2D eigenvalue weighted by Gasteiger charge is 2.48. The Morgan fingerprint density at radius 2 is 1.72 bits per heavy atom. The number of aromatic nitrogens is 1. The van der Waals surface area contributed by atoms with Gasteiger partial charge >= 0.3 is 0 Å². The predicted octanol–water partition coefficient (Wildman–Crippen LogP) is 2.30. The molecule has 1 aliphatic heterocycles. The van der Waals surface area contributed by atoms with Crippen molar-refractivity contribution in [2.45, 2.75) is 12.8 Å². The highest BCUT2D eigenvalue weighted by molar-refractivity contribution is 9.10. The van der Waals surface area contributed by atoms with Crippen molar-refractivity contribution < 1.29 is 9.59 Å². The fourth-order valence-corrected chi connectivity index (χ4v) is 2.76. The minimum Gasteiger partial charge on any atom is -0.274 e. The second-order valence-electron chi connectivity index (χ2n) is 4.50. The van der Waals surface area contributed by atoms with E-state index in [0.717, 1.165) is 4.47 Å². The molecule has 2 unspecified atom stereocenters. The molecule has 3 rings (SSSR count). The first-order valence-electron chi connectivity index (χ1n) is 5.83. The lowest BCUT2D eigenvalue weighted by Crippen LogP contribution is -2.31. The molecule has 4 nitrogen and oxygen atoms in total. The SMILES string of the molecule is O=C1C2CC=CCC2C(=O)N1c1ccc(Br)cn1. The van der Waals surface area contributed by atoms with E-state index in [1.807, 2.05) is 12.2 Å². The number of pyridine rings is 1. The number of carbonyl (C=O) groups excluding carboxylic acids is 2. The van der Waals surface area contributed by atoms with Crippen LogP contribution in [0, 0.1) is 11.8 Å². The second-order valence-corrected chi connectivity index (χ2v) is 5.42. The zero-order valence-electron chi connectivity index (χ0n) is 9.54. The monoisotopic (exact) mass is 306 g/mol. The molecule has 1 saturated heterocycles. The van der Waals surface area contributed by atoms with Gasteiger partial charge in [-0.3, -0.25) is 9.59 Å². The first-order chi connectivity index (χ1) is 8.68. The van der Waals surface area contributed by atoms with Gasteiger partial charge in [-0.25, -0.2) is 9.88 Å². The van der Waals surface area contributed by atoms with Gasteiger partial charge in [0.1, 0.15) is 5.82 Å². The molecule has 0 radical (unpaired) electrons. The Bertz CT molecular complexity index is 512. The summed E-state index contributed by atoms with van der Waals surface area (Å²) in [5.41, 5.74) is 0. The summed E-state index contributed by atoms with van der Waals surface area (Å²) in [5, 5.41) is 0. The number of allylic oxidation sites excluding steroid dienone is 2. The van der Waals surface area contributed by atoms with E-state index in [1.54, 1.807) is 18.3 Å². The Morgan fingerprint density at radius 1 is 1.11 bits per heavy atom. The van der Waals surface area contributed by atoms with Crippen LogP contribution in [-0.4, -0.2) is 16.8 Å². The zero-order valence-corrected chi connectivity index (χ0v) is 11.1. The predicted molar refractivity (Wildman–Crippen MR) is 69.8 cm³/mol. The van der Waals surface area contributed by atoms with Crippen LogP contribution < -0.4 is 4.90 Å². The third kappa shape index (κ3) is 1.70. The Hall–Kier alpha value is -1.49. The van der Waals surface area contributed by atoms with Crippen molar-refractivity contribution in [2.24, 2.45) is 11.8 Å². The van der Waals surface area contributed by atoms with Gasteiger partial charge in [-0.15, -0.1) is 0 Å². The van der Waals surface area contributed by atoms with E-state index in [9.17, 15) is 9.59 Å². The van der Waals surface area contributed by atoms with Crippen molar-refractivity contribution in [3.05, 3.63) is 35.0 Å². The third-order valence-electron chi connectivity index (χ3n) is 3.45. The summed E-state index contributed by atoms with van der Waals surface area (Å²) in [7, 11) is 0. The molecule has 0 saturated carbocycles. The van der Waals surface area contributed by atoms with E-state index >= 15 is 0 Å². The Labute approximate surface area is 113 Å². The summed E-state index contributed by atoms with van der Waals surface area (Å²) >= 11 is 3.28. The summed E-state index contributed by atoms with van der Waals surface area (Å²) in [6.07, 6.45) is 6.86. The topological polar surface area (TPSA) is 50.3 Å². The van der Waals surface area contributed by atoms with Crippen molar-refractivity contribution in [3.8, 4) is 0 Å². The Morgan fingerprint density at radius 3 is 2.22 bits per heavy atom. The van der Waals surface area contributed by atoms with E-state index < -0.39 is 0 Å². The van der Waals surface area contributed by atoms with Crippen LogP contribution in [0.5, 0.6) is 0 Å².